The highest BCUT2D eigenvalue weighted by atomic mass is 16.5. The zero-order valence-corrected chi connectivity index (χ0v) is 13.9. The van der Waals surface area contributed by atoms with E-state index in [9.17, 15) is 9.90 Å². The second-order valence-electron chi connectivity index (χ2n) is 6.38. The van der Waals surface area contributed by atoms with E-state index in [2.05, 4.69) is 5.32 Å². The quantitative estimate of drug-likeness (QED) is 0.856. The molecule has 1 aliphatic carbocycles. The summed E-state index contributed by atoms with van der Waals surface area (Å²) < 4.78 is 5.39. The van der Waals surface area contributed by atoms with E-state index in [-0.39, 0.29) is 12.5 Å². The van der Waals surface area contributed by atoms with Crippen LogP contribution in [0.25, 0.3) is 0 Å². The number of fused-ring (bicyclic) bond motifs is 1. The minimum atomic E-state index is -0.877. The van der Waals surface area contributed by atoms with Crippen LogP contribution in [0.1, 0.15) is 23.6 Å². The predicted molar refractivity (Wildman–Crippen MR) is 93.1 cm³/mol. The molecule has 0 saturated heterocycles. The summed E-state index contributed by atoms with van der Waals surface area (Å²) in [4.78, 5) is 12.1. The van der Waals surface area contributed by atoms with Crippen molar-refractivity contribution >= 4 is 5.91 Å². The van der Waals surface area contributed by atoms with Gasteiger partial charge in [-0.25, -0.2) is 0 Å². The first kappa shape index (κ1) is 16.5. The molecule has 2 N–H and O–H groups in total. The number of ether oxygens (including phenoxy) is 1. The maximum atomic E-state index is 12.1. The zero-order valence-electron chi connectivity index (χ0n) is 13.9. The predicted octanol–water partition coefficient (Wildman–Crippen LogP) is 2.27. The van der Waals surface area contributed by atoms with Crippen molar-refractivity contribution in [3.05, 3.63) is 65.2 Å². The van der Waals surface area contributed by atoms with Gasteiger partial charge in [-0.15, -0.1) is 0 Å². The van der Waals surface area contributed by atoms with Crippen LogP contribution in [0.15, 0.2) is 48.5 Å². The minimum Gasteiger partial charge on any atom is -0.494 e. The van der Waals surface area contributed by atoms with Crippen LogP contribution in [0.3, 0.4) is 0 Å². The van der Waals surface area contributed by atoms with Gasteiger partial charge in [0.1, 0.15) is 5.75 Å². The van der Waals surface area contributed by atoms with Gasteiger partial charge in [-0.1, -0.05) is 36.4 Å². The van der Waals surface area contributed by atoms with Crippen LogP contribution in [0, 0.1) is 0 Å². The Morgan fingerprint density at radius 1 is 1.12 bits per heavy atom. The van der Waals surface area contributed by atoms with E-state index in [1.54, 1.807) is 0 Å². The van der Waals surface area contributed by atoms with Gasteiger partial charge in [0, 0.05) is 19.4 Å². The molecule has 4 nitrogen and oxygen atoms in total. The summed E-state index contributed by atoms with van der Waals surface area (Å²) >= 11 is 0. The van der Waals surface area contributed by atoms with Crippen molar-refractivity contribution in [2.75, 3.05) is 13.2 Å². The van der Waals surface area contributed by atoms with Crippen molar-refractivity contribution in [3.8, 4) is 5.75 Å². The summed E-state index contributed by atoms with van der Waals surface area (Å²) in [7, 11) is 0. The highest BCUT2D eigenvalue weighted by molar-refractivity contribution is 5.78. The summed E-state index contributed by atoms with van der Waals surface area (Å²) in [5.41, 5.74) is 2.39. The van der Waals surface area contributed by atoms with Gasteiger partial charge in [-0.2, -0.15) is 0 Å². The van der Waals surface area contributed by atoms with Crippen LogP contribution in [0.4, 0.5) is 0 Å². The van der Waals surface area contributed by atoms with Gasteiger partial charge in [0.05, 0.1) is 18.6 Å². The Labute approximate surface area is 142 Å². The Morgan fingerprint density at radius 3 is 2.33 bits per heavy atom. The number of rotatable bonds is 6. The van der Waals surface area contributed by atoms with Crippen LogP contribution < -0.4 is 10.1 Å². The summed E-state index contributed by atoms with van der Waals surface area (Å²) in [6.07, 6.45) is 1.48. The highest BCUT2D eigenvalue weighted by Gasteiger charge is 2.35. The summed E-state index contributed by atoms with van der Waals surface area (Å²) in [6, 6.07) is 15.6. The number of benzene rings is 2. The first-order chi connectivity index (χ1) is 11.6. The zero-order chi connectivity index (χ0) is 17.0. The molecule has 0 unspecified atom stereocenters. The van der Waals surface area contributed by atoms with Gasteiger partial charge in [0.25, 0.3) is 0 Å². The van der Waals surface area contributed by atoms with E-state index in [0.29, 0.717) is 25.9 Å². The van der Waals surface area contributed by atoms with Gasteiger partial charge < -0.3 is 15.2 Å². The number of hydrogen-bond donors (Lipinski definition) is 2. The Balaban J connectivity index is 1.51. The molecule has 3 rings (SSSR count). The molecule has 1 aliphatic rings. The Hall–Kier alpha value is -2.33. The maximum absolute atomic E-state index is 12.1. The van der Waals surface area contributed by atoms with Crippen molar-refractivity contribution in [1.82, 2.24) is 5.32 Å². The van der Waals surface area contributed by atoms with E-state index in [4.69, 9.17) is 4.74 Å². The second-order valence-corrected chi connectivity index (χ2v) is 6.38. The lowest BCUT2D eigenvalue weighted by Gasteiger charge is -2.22. The Morgan fingerprint density at radius 2 is 1.75 bits per heavy atom. The molecule has 0 fully saturated rings. The molecular formula is C20H23NO3. The van der Waals surface area contributed by atoms with Gasteiger partial charge >= 0.3 is 0 Å². The first-order valence-corrected chi connectivity index (χ1v) is 8.35. The monoisotopic (exact) mass is 325 g/mol. The summed E-state index contributed by atoms with van der Waals surface area (Å²) in [5, 5.41) is 13.6. The molecule has 0 aromatic heterocycles. The summed E-state index contributed by atoms with van der Waals surface area (Å²) in [6.45, 7) is 2.84. The van der Waals surface area contributed by atoms with Gasteiger partial charge in [0.2, 0.25) is 5.91 Å². The van der Waals surface area contributed by atoms with Crippen molar-refractivity contribution < 1.29 is 14.6 Å². The highest BCUT2D eigenvalue weighted by Crippen LogP contribution is 2.29. The van der Waals surface area contributed by atoms with Gasteiger partial charge in [0.15, 0.2) is 0 Å². The third kappa shape index (κ3) is 3.95. The van der Waals surface area contributed by atoms with E-state index in [0.717, 1.165) is 11.3 Å². The molecule has 126 valence electrons. The molecule has 2 aromatic rings. The largest absolute Gasteiger partial charge is 0.494 e. The van der Waals surface area contributed by atoms with Crippen LogP contribution in [0.2, 0.25) is 0 Å². The van der Waals surface area contributed by atoms with E-state index in [1.165, 1.54) is 11.1 Å². The Kier molecular flexibility index (Phi) is 4.86. The lowest BCUT2D eigenvalue weighted by Crippen LogP contribution is -2.44. The fourth-order valence-electron chi connectivity index (χ4n) is 3.18. The van der Waals surface area contributed by atoms with Crippen molar-refractivity contribution in [1.29, 1.82) is 0 Å². The molecule has 0 saturated carbocycles. The van der Waals surface area contributed by atoms with Crippen molar-refractivity contribution in [2.24, 2.45) is 0 Å². The lowest BCUT2D eigenvalue weighted by atomic mass is 10.0. The smallest absolute Gasteiger partial charge is 0.224 e. The van der Waals surface area contributed by atoms with Crippen LogP contribution in [-0.2, 0) is 24.1 Å². The number of amides is 1. The fraction of sp³-hybridized carbons (Fsp3) is 0.350. The molecule has 0 atom stereocenters. The Bertz CT molecular complexity index is 684. The third-order valence-electron chi connectivity index (χ3n) is 4.37. The standard InChI is InChI=1S/C20H23NO3/c1-2-24-18-9-7-15(8-10-18)11-19(22)21-14-20(23)12-16-5-3-4-6-17(16)13-20/h3-10,23H,2,11-14H2,1H3,(H,21,22). The molecule has 4 heteroatoms. The first-order valence-electron chi connectivity index (χ1n) is 8.35. The van der Waals surface area contributed by atoms with Crippen LogP contribution in [-0.4, -0.2) is 29.8 Å². The van der Waals surface area contributed by atoms with Crippen LogP contribution in [0.5, 0.6) is 5.75 Å². The summed E-state index contributed by atoms with van der Waals surface area (Å²) in [5.74, 6) is 0.725. The number of aliphatic hydroxyl groups is 1. The topological polar surface area (TPSA) is 58.6 Å². The van der Waals surface area contributed by atoms with E-state index in [1.807, 2.05) is 55.5 Å². The fourth-order valence-corrected chi connectivity index (χ4v) is 3.18. The van der Waals surface area contributed by atoms with Crippen molar-refractivity contribution in [3.63, 3.8) is 0 Å². The molecule has 0 radical (unpaired) electrons. The molecule has 2 aromatic carbocycles. The second kappa shape index (κ2) is 7.05. The van der Waals surface area contributed by atoms with Gasteiger partial charge in [-0.05, 0) is 35.7 Å². The number of nitrogens with one attached hydrogen (secondary N) is 1. The third-order valence-corrected chi connectivity index (χ3v) is 4.37. The van der Waals surface area contributed by atoms with Crippen LogP contribution >= 0.6 is 0 Å². The molecule has 0 heterocycles. The van der Waals surface area contributed by atoms with Crippen molar-refractivity contribution in [2.45, 2.75) is 31.8 Å². The van der Waals surface area contributed by atoms with Gasteiger partial charge in [-0.3, -0.25) is 4.79 Å². The molecule has 1 amide bonds. The lowest BCUT2D eigenvalue weighted by molar-refractivity contribution is -0.121. The number of hydrogen-bond acceptors (Lipinski definition) is 3. The SMILES string of the molecule is CCOc1ccc(CC(=O)NCC2(O)Cc3ccccc3C2)cc1. The average molecular weight is 325 g/mol. The number of carbonyl (C=O) groups excluding carboxylic acids is 1. The van der Waals surface area contributed by atoms with E-state index >= 15 is 0 Å². The molecule has 0 spiro atoms. The van der Waals surface area contributed by atoms with E-state index < -0.39 is 5.60 Å². The molecule has 24 heavy (non-hydrogen) atoms. The molecular weight excluding hydrogens is 302 g/mol. The number of carbonyl (C=O) groups is 1. The molecule has 0 bridgehead atoms. The normalized spacial score (nSPS) is 14.9. The average Bonchev–Trinajstić information content (AvgIpc) is 2.92. The minimum absolute atomic E-state index is 0.0801. The maximum Gasteiger partial charge on any atom is 0.224 e. The molecule has 0 aliphatic heterocycles.